The maximum absolute atomic E-state index is 13.0. The van der Waals surface area contributed by atoms with Gasteiger partial charge in [0.25, 0.3) is 0 Å². The number of sulfone groups is 1. The van der Waals surface area contributed by atoms with E-state index in [1.165, 1.54) is 25.7 Å². The molecule has 0 saturated carbocycles. The lowest BCUT2D eigenvalue weighted by molar-refractivity contribution is 0.237. The Morgan fingerprint density at radius 1 is 0.677 bits per heavy atom. The highest BCUT2D eigenvalue weighted by molar-refractivity contribution is 7.92. The summed E-state index contributed by atoms with van der Waals surface area (Å²) in [6, 6.07) is 10.6. The third-order valence-electron chi connectivity index (χ3n) is 6.52. The normalized spacial score (nSPS) is 20.0. The predicted molar refractivity (Wildman–Crippen MR) is 120 cm³/mol. The molecule has 2 fully saturated rings. The molecule has 31 heavy (non-hydrogen) atoms. The van der Waals surface area contributed by atoms with Gasteiger partial charge in [-0.15, -0.1) is 0 Å². The van der Waals surface area contributed by atoms with Crippen LogP contribution in [0.15, 0.2) is 46.2 Å². The van der Waals surface area contributed by atoms with E-state index in [9.17, 15) is 8.42 Å². The van der Waals surface area contributed by atoms with E-state index in [4.69, 9.17) is 9.47 Å². The van der Waals surface area contributed by atoms with Crippen molar-refractivity contribution in [3.63, 3.8) is 0 Å². The van der Waals surface area contributed by atoms with E-state index < -0.39 is 9.84 Å². The molecule has 0 atom stereocenters. The smallest absolute Gasteiger partial charge is 0.207 e. The van der Waals surface area contributed by atoms with Crippen molar-refractivity contribution >= 4 is 9.84 Å². The summed E-state index contributed by atoms with van der Waals surface area (Å²) >= 11 is 0. The number of nitrogens with zero attached hydrogens (tertiary/aromatic N) is 2. The summed E-state index contributed by atoms with van der Waals surface area (Å²) in [7, 11) is -3.49. The third kappa shape index (κ3) is 4.31. The first-order chi connectivity index (χ1) is 15.1. The van der Waals surface area contributed by atoms with Gasteiger partial charge in [-0.2, -0.15) is 0 Å². The van der Waals surface area contributed by atoms with Gasteiger partial charge in [0.15, 0.2) is 0 Å². The molecule has 0 bridgehead atoms. The van der Waals surface area contributed by atoms with Crippen molar-refractivity contribution in [2.75, 3.05) is 52.5 Å². The quantitative estimate of drug-likeness (QED) is 0.533. The van der Waals surface area contributed by atoms with Crippen molar-refractivity contribution < 1.29 is 17.9 Å². The molecule has 0 aliphatic carbocycles. The fourth-order valence-corrected chi connectivity index (χ4v) is 6.45. The van der Waals surface area contributed by atoms with Gasteiger partial charge in [-0.25, -0.2) is 8.42 Å². The van der Waals surface area contributed by atoms with E-state index in [2.05, 4.69) is 9.80 Å². The summed E-state index contributed by atoms with van der Waals surface area (Å²) < 4.78 is 37.9. The van der Waals surface area contributed by atoms with Gasteiger partial charge in [-0.1, -0.05) is 0 Å². The van der Waals surface area contributed by atoms with Crippen LogP contribution < -0.4 is 9.47 Å². The molecular weight excluding hydrogens is 412 g/mol. The minimum absolute atomic E-state index is 0.351. The summed E-state index contributed by atoms with van der Waals surface area (Å²) in [5, 5.41) is 0. The van der Waals surface area contributed by atoms with Gasteiger partial charge >= 0.3 is 0 Å². The van der Waals surface area contributed by atoms with E-state index >= 15 is 0 Å². The monoisotopic (exact) mass is 442 g/mol. The number of fused-ring (bicyclic) bond motifs is 3. The number of likely N-dealkylation sites (tertiary alicyclic amines) is 2. The van der Waals surface area contributed by atoms with Crippen LogP contribution in [0.2, 0.25) is 0 Å². The molecule has 3 heterocycles. The van der Waals surface area contributed by atoms with Crippen LogP contribution in [0.4, 0.5) is 0 Å². The molecule has 2 aromatic rings. The van der Waals surface area contributed by atoms with E-state index in [0.29, 0.717) is 45.6 Å². The Hall–Kier alpha value is -2.09. The highest BCUT2D eigenvalue weighted by Crippen LogP contribution is 2.45. The van der Waals surface area contributed by atoms with Crippen LogP contribution in [-0.2, 0) is 9.84 Å². The van der Waals surface area contributed by atoms with Crippen molar-refractivity contribution in [3.05, 3.63) is 36.4 Å². The largest absolute Gasteiger partial charge is 0.492 e. The first kappa shape index (κ1) is 20.8. The Bertz CT molecular complexity index is 964. The zero-order valence-corrected chi connectivity index (χ0v) is 18.7. The molecule has 6 nitrogen and oxygen atoms in total. The predicted octanol–water partition coefficient (Wildman–Crippen LogP) is 3.45. The average molecular weight is 443 g/mol. The second kappa shape index (κ2) is 8.81. The van der Waals surface area contributed by atoms with Gasteiger partial charge in [-0.3, -0.25) is 9.80 Å². The van der Waals surface area contributed by atoms with Crippen LogP contribution >= 0.6 is 0 Å². The van der Waals surface area contributed by atoms with Gasteiger partial charge in [0.2, 0.25) is 9.84 Å². The summed E-state index contributed by atoms with van der Waals surface area (Å²) in [5.74, 6) is 1.42. The van der Waals surface area contributed by atoms with Crippen LogP contribution in [-0.4, -0.2) is 70.7 Å². The van der Waals surface area contributed by atoms with Gasteiger partial charge in [0.05, 0.1) is 9.79 Å². The van der Waals surface area contributed by atoms with Crippen molar-refractivity contribution in [2.24, 2.45) is 0 Å². The number of hydrogen-bond donors (Lipinski definition) is 0. The molecule has 0 N–H and O–H groups in total. The molecule has 5 rings (SSSR count). The standard InChI is InChI=1S/C24H30N2O4S/c27-31(28)23-7-5-19(29-15-13-25-9-1-2-10-25)17-21(23)22-18-20(6-8-24(22)31)30-16-14-26-11-3-4-12-26/h5-8,17-18H,1-4,9-16H2. The Balaban J connectivity index is 1.31. The SMILES string of the molecule is O=S1(=O)c2ccc(OCCN3CCCC3)cc2-c2cc(OCCN3CCCC3)ccc21. The molecule has 2 aromatic carbocycles. The summed E-state index contributed by atoms with van der Waals surface area (Å²) in [4.78, 5) is 5.50. The molecule has 0 radical (unpaired) electrons. The lowest BCUT2D eigenvalue weighted by atomic mass is 10.1. The van der Waals surface area contributed by atoms with E-state index in [1.54, 1.807) is 24.3 Å². The zero-order valence-electron chi connectivity index (χ0n) is 17.9. The number of hydrogen-bond acceptors (Lipinski definition) is 6. The number of ether oxygens (including phenoxy) is 2. The van der Waals surface area contributed by atoms with Crippen molar-refractivity contribution in [3.8, 4) is 22.6 Å². The van der Waals surface area contributed by atoms with Crippen molar-refractivity contribution in [2.45, 2.75) is 35.5 Å². The fraction of sp³-hybridized carbons (Fsp3) is 0.500. The molecule has 166 valence electrons. The first-order valence-electron chi connectivity index (χ1n) is 11.4. The number of rotatable bonds is 8. The molecule has 0 aromatic heterocycles. The van der Waals surface area contributed by atoms with Gasteiger partial charge in [0, 0.05) is 24.2 Å². The van der Waals surface area contributed by atoms with Gasteiger partial charge < -0.3 is 9.47 Å². The molecule has 3 aliphatic rings. The minimum atomic E-state index is -3.49. The maximum atomic E-state index is 13.0. The minimum Gasteiger partial charge on any atom is -0.492 e. The topological polar surface area (TPSA) is 59.1 Å². The highest BCUT2D eigenvalue weighted by Gasteiger charge is 2.33. The van der Waals surface area contributed by atoms with Gasteiger partial charge in [0.1, 0.15) is 24.7 Å². The van der Waals surface area contributed by atoms with Crippen LogP contribution in [0, 0.1) is 0 Å². The first-order valence-corrected chi connectivity index (χ1v) is 12.8. The lowest BCUT2D eigenvalue weighted by Gasteiger charge is -2.15. The Morgan fingerprint density at radius 3 is 1.52 bits per heavy atom. The van der Waals surface area contributed by atoms with Gasteiger partial charge in [-0.05, 0) is 88.3 Å². The van der Waals surface area contributed by atoms with Crippen LogP contribution in [0.5, 0.6) is 11.5 Å². The van der Waals surface area contributed by atoms with E-state index in [-0.39, 0.29) is 0 Å². The molecule has 7 heteroatoms. The average Bonchev–Trinajstić information content (AvgIpc) is 3.51. The second-order valence-corrected chi connectivity index (χ2v) is 10.5. The molecular formula is C24H30N2O4S. The lowest BCUT2D eigenvalue weighted by Crippen LogP contribution is -2.25. The molecule has 0 unspecified atom stereocenters. The van der Waals surface area contributed by atoms with Crippen molar-refractivity contribution in [1.82, 2.24) is 9.80 Å². The summed E-state index contributed by atoms with van der Waals surface area (Å²) in [5.41, 5.74) is 1.41. The van der Waals surface area contributed by atoms with Crippen LogP contribution in [0.1, 0.15) is 25.7 Å². The highest BCUT2D eigenvalue weighted by atomic mass is 32.2. The van der Waals surface area contributed by atoms with Crippen LogP contribution in [0.3, 0.4) is 0 Å². The Kier molecular flexibility index (Phi) is 5.91. The summed E-state index contributed by atoms with van der Waals surface area (Å²) in [6.07, 6.45) is 5.04. The van der Waals surface area contributed by atoms with Crippen LogP contribution in [0.25, 0.3) is 11.1 Å². The zero-order chi connectivity index (χ0) is 21.3. The Morgan fingerprint density at radius 2 is 1.10 bits per heavy atom. The Labute approximate surface area is 184 Å². The molecule has 3 aliphatic heterocycles. The summed E-state index contributed by atoms with van der Waals surface area (Å²) in [6.45, 7) is 7.58. The molecule has 0 spiro atoms. The molecule has 0 amide bonds. The van der Waals surface area contributed by atoms with E-state index in [1.807, 2.05) is 12.1 Å². The number of benzene rings is 2. The maximum Gasteiger partial charge on any atom is 0.207 e. The third-order valence-corrected chi connectivity index (χ3v) is 8.39. The van der Waals surface area contributed by atoms with Crippen molar-refractivity contribution in [1.29, 1.82) is 0 Å². The molecule has 2 saturated heterocycles. The fourth-order valence-electron chi connectivity index (χ4n) is 4.80. The van der Waals surface area contributed by atoms with E-state index in [0.717, 1.165) is 39.3 Å². The second-order valence-electron chi connectivity index (χ2n) is 8.61.